The van der Waals surface area contributed by atoms with E-state index in [9.17, 15) is 4.79 Å². The third-order valence-corrected chi connectivity index (χ3v) is 7.23. The zero-order valence-corrected chi connectivity index (χ0v) is 14.9. The van der Waals surface area contributed by atoms with Gasteiger partial charge in [0.2, 0.25) is 9.76 Å². The van der Waals surface area contributed by atoms with Crippen LogP contribution in [0.4, 0.5) is 0 Å². The fourth-order valence-corrected chi connectivity index (χ4v) is 5.65. The predicted octanol–water partition coefficient (Wildman–Crippen LogP) is 4.53. The van der Waals surface area contributed by atoms with Crippen molar-refractivity contribution in [2.24, 2.45) is 5.92 Å². The van der Waals surface area contributed by atoms with Gasteiger partial charge in [-0.25, -0.2) is 4.79 Å². The van der Waals surface area contributed by atoms with Gasteiger partial charge in [-0.05, 0) is 23.8 Å². The van der Waals surface area contributed by atoms with E-state index in [0.29, 0.717) is 5.04 Å². The van der Waals surface area contributed by atoms with Crippen LogP contribution in [-0.2, 0) is 9.22 Å². The molecule has 0 spiro atoms. The van der Waals surface area contributed by atoms with Gasteiger partial charge in [0.15, 0.2) is 0 Å². The van der Waals surface area contributed by atoms with Gasteiger partial charge in [-0.15, -0.1) is 0 Å². The SMILES string of the molecule is C=CC(=O)O[SiH2]C1(CCCC)CCCCC1CCCC. The minimum Gasteiger partial charge on any atom is -0.521 e. The van der Waals surface area contributed by atoms with Crippen LogP contribution in [0, 0.1) is 5.92 Å². The molecule has 0 amide bonds. The van der Waals surface area contributed by atoms with Crippen molar-refractivity contribution in [3.63, 3.8) is 0 Å². The average molecular weight is 297 g/mol. The first-order valence-corrected chi connectivity index (χ1v) is 9.76. The van der Waals surface area contributed by atoms with Crippen LogP contribution in [0.25, 0.3) is 0 Å². The fraction of sp³-hybridized carbons (Fsp3) is 0.824. The normalized spacial score (nSPS) is 26.8. The average Bonchev–Trinajstić information content (AvgIpc) is 2.49. The van der Waals surface area contributed by atoms with Gasteiger partial charge in [0, 0.05) is 6.08 Å². The van der Waals surface area contributed by atoms with Gasteiger partial charge in [0.05, 0.1) is 0 Å². The van der Waals surface area contributed by atoms with Gasteiger partial charge in [-0.1, -0.05) is 71.8 Å². The summed E-state index contributed by atoms with van der Waals surface area (Å²) in [5.74, 6) is 0.597. The van der Waals surface area contributed by atoms with E-state index in [-0.39, 0.29) is 5.97 Å². The maximum absolute atomic E-state index is 11.5. The molecule has 2 unspecified atom stereocenters. The maximum Gasteiger partial charge on any atom is 0.316 e. The lowest BCUT2D eigenvalue weighted by atomic mass is 9.73. The highest BCUT2D eigenvalue weighted by Crippen LogP contribution is 2.52. The lowest BCUT2D eigenvalue weighted by Gasteiger charge is -2.44. The molecule has 0 aromatic carbocycles. The highest BCUT2D eigenvalue weighted by atomic mass is 28.2. The number of rotatable bonds is 9. The van der Waals surface area contributed by atoms with Gasteiger partial charge < -0.3 is 4.43 Å². The Morgan fingerprint density at radius 1 is 1.35 bits per heavy atom. The summed E-state index contributed by atoms with van der Waals surface area (Å²) in [5.41, 5.74) is 0. The summed E-state index contributed by atoms with van der Waals surface area (Å²) in [6.07, 6.45) is 14.4. The van der Waals surface area contributed by atoms with Crippen LogP contribution in [0.2, 0.25) is 5.04 Å². The molecule has 0 bridgehead atoms. The minimum atomic E-state index is -0.816. The number of carbonyl (C=O) groups is 1. The van der Waals surface area contributed by atoms with Gasteiger partial charge in [0.25, 0.3) is 0 Å². The van der Waals surface area contributed by atoms with Crippen LogP contribution in [0.15, 0.2) is 12.7 Å². The first-order chi connectivity index (χ1) is 9.68. The molecule has 0 radical (unpaired) electrons. The molecule has 3 heteroatoms. The van der Waals surface area contributed by atoms with Crippen LogP contribution in [0.3, 0.4) is 0 Å². The standard InChI is InChI=1S/C17H32O2Si/c1-4-7-11-15-12-9-10-14-17(15,13-8-5-2)20-19-16(18)6-3/h6,15H,3-5,7-14,20H2,1-2H3. The van der Waals surface area contributed by atoms with Crippen molar-refractivity contribution in [3.8, 4) is 0 Å². The second kappa shape index (κ2) is 9.38. The molecule has 1 fully saturated rings. The summed E-state index contributed by atoms with van der Waals surface area (Å²) in [6.45, 7) is 8.05. The largest absolute Gasteiger partial charge is 0.521 e. The second-order valence-corrected chi connectivity index (χ2v) is 8.35. The molecule has 0 saturated heterocycles. The lowest BCUT2D eigenvalue weighted by Crippen LogP contribution is -2.35. The molecule has 1 aliphatic rings. The van der Waals surface area contributed by atoms with E-state index < -0.39 is 9.76 Å². The van der Waals surface area contributed by atoms with Crippen LogP contribution in [-0.4, -0.2) is 15.7 Å². The third kappa shape index (κ3) is 5.08. The summed E-state index contributed by atoms with van der Waals surface area (Å²) in [5, 5.41) is 0.377. The topological polar surface area (TPSA) is 26.3 Å². The Bertz CT molecular complexity index is 303. The summed E-state index contributed by atoms with van der Waals surface area (Å²) in [6, 6.07) is 0. The van der Waals surface area contributed by atoms with Crippen molar-refractivity contribution in [2.45, 2.75) is 83.1 Å². The highest BCUT2D eigenvalue weighted by molar-refractivity contribution is 6.36. The molecule has 2 nitrogen and oxygen atoms in total. The molecule has 1 aliphatic carbocycles. The van der Waals surface area contributed by atoms with E-state index in [4.69, 9.17) is 4.43 Å². The first-order valence-electron chi connectivity index (χ1n) is 8.47. The van der Waals surface area contributed by atoms with Crippen molar-refractivity contribution < 1.29 is 9.22 Å². The van der Waals surface area contributed by atoms with Gasteiger partial charge in [0.1, 0.15) is 0 Å². The summed E-state index contributed by atoms with van der Waals surface area (Å²) < 4.78 is 5.62. The fourth-order valence-electron chi connectivity index (χ4n) is 3.67. The van der Waals surface area contributed by atoms with Crippen molar-refractivity contribution in [1.29, 1.82) is 0 Å². The molecule has 116 valence electrons. The molecule has 0 aromatic heterocycles. The molecule has 0 aromatic rings. The number of carbonyl (C=O) groups excluding carboxylic acids is 1. The second-order valence-electron chi connectivity index (χ2n) is 6.36. The molecule has 0 aliphatic heterocycles. The Morgan fingerprint density at radius 2 is 2.10 bits per heavy atom. The molecule has 0 N–H and O–H groups in total. The molecular weight excluding hydrogens is 264 g/mol. The monoisotopic (exact) mass is 296 g/mol. The predicted molar refractivity (Wildman–Crippen MR) is 88.5 cm³/mol. The third-order valence-electron chi connectivity index (χ3n) is 4.95. The summed E-state index contributed by atoms with van der Waals surface area (Å²) in [7, 11) is -0.816. The summed E-state index contributed by atoms with van der Waals surface area (Å²) >= 11 is 0. The molecule has 0 heterocycles. The first kappa shape index (κ1) is 17.5. The lowest BCUT2D eigenvalue weighted by molar-refractivity contribution is -0.129. The Balaban J connectivity index is 2.74. The zero-order chi connectivity index (χ0) is 14.8. The van der Waals surface area contributed by atoms with Gasteiger partial charge in [-0.2, -0.15) is 0 Å². The molecule has 1 saturated carbocycles. The van der Waals surface area contributed by atoms with Crippen molar-refractivity contribution in [1.82, 2.24) is 0 Å². The van der Waals surface area contributed by atoms with Crippen LogP contribution in [0.1, 0.15) is 78.1 Å². The molecular formula is C17H32O2Si. The van der Waals surface area contributed by atoms with Crippen molar-refractivity contribution in [2.75, 3.05) is 0 Å². The number of hydrogen-bond acceptors (Lipinski definition) is 2. The summed E-state index contributed by atoms with van der Waals surface area (Å²) in [4.78, 5) is 11.5. The molecule has 2 atom stereocenters. The van der Waals surface area contributed by atoms with Crippen LogP contribution in [0.5, 0.6) is 0 Å². The number of unbranched alkanes of at least 4 members (excludes halogenated alkanes) is 2. The van der Waals surface area contributed by atoms with E-state index in [1.165, 1.54) is 70.3 Å². The smallest absolute Gasteiger partial charge is 0.316 e. The maximum atomic E-state index is 11.5. The molecule has 1 rings (SSSR count). The van der Waals surface area contributed by atoms with E-state index >= 15 is 0 Å². The minimum absolute atomic E-state index is 0.202. The number of hydrogen-bond donors (Lipinski definition) is 0. The van der Waals surface area contributed by atoms with Gasteiger partial charge in [-0.3, -0.25) is 0 Å². The molecule has 20 heavy (non-hydrogen) atoms. The Kier molecular flexibility index (Phi) is 8.20. The quantitative estimate of drug-likeness (QED) is 0.461. The van der Waals surface area contributed by atoms with Crippen LogP contribution >= 0.6 is 0 Å². The van der Waals surface area contributed by atoms with E-state index in [1.54, 1.807) is 0 Å². The Labute approximate surface area is 127 Å². The van der Waals surface area contributed by atoms with Crippen molar-refractivity contribution >= 4 is 15.7 Å². The van der Waals surface area contributed by atoms with Gasteiger partial charge >= 0.3 is 5.97 Å². The van der Waals surface area contributed by atoms with E-state index in [1.807, 2.05) is 0 Å². The Morgan fingerprint density at radius 3 is 2.75 bits per heavy atom. The van der Waals surface area contributed by atoms with E-state index in [2.05, 4.69) is 20.4 Å². The highest BCUT2D eigenvalue weighted by Gasteiger charge is 2.41. The van der Waals surface area contributed by atoms with Crippen molar-refractivity contribution in [3.05, 3.63) is 12.7 Å². The van der Waals surface area contributed by atoms with Crippen LogP contribution < -0.4 is 0 Å². The Hall–Kier alpha value is -0.573. The zero-order valence-electron chi connectivity index (χ0n) is 13.5. The van der Waals surface area contributed by atoms with E-state index in [0.717, 1.165) is 5.92 Å².